The summed E-state index contributed by atoms with van der Waals surface area (Å²) in [6.07, 6.45) is 4.23. The first-order chi connectivity index (χ1) is 3.00. The molecule has 1 rings (SSSR count). The van der Waals surface area contributed by atoms with Gasteiger partial charge in [-0.05, 0) is 0 Å². The molecular weight excluding hydrogens is 87.9 g/mol. The van der Waals surface area contributed by atoms with Crippen LogP contribution in [0.4, 0.5) is 0 Å². The van der Waals surface area contributed by atoms with Crippen LogP contribution in [0.15, 0.2) is 18.3 Å². The molecule has 0 aliphatic heterocycles. The molecule has 0 N–H and O–H groups in total. The zero-order chi connectivity index (χ0) is 4.24. The molecule has 8 heavy (non-hydrogen) atoms. The quantitative estimate of drug-likeness (QED) is 0.229. The Labute approximate surface area is 73.2 Å². The summed E-state index contributed by atoms with van der Waals surface area (Å²) in [6.45, 7) is 0. The van der Waals surface area contributed by atoms with Crippen molar-refractivity contribution in [2.45, 2.75) is 0 Å². The van der Waals surface area contributed by atoms with E-state index in [9.17, 15) is 0 Å². The smallest absolute Gasteiger partial charge is 0.529 e. The molecule has 0 saturated heterocycles. The maximum Gasteiger partial charge on any atom is 1.00 e. The summed E-state index contributed by atoms with van der Waals surface area (Å²) in [5.41, 5.74) is 0. The normalized spacial score (nSPS) is 6.00. The van der Waals surface area contributed by atoms with E-state index in [1.807, 2.05) is 0 Å². The number of hydrogen-bond acceptors (Lipinski definition) is 1. The van der Waals surface area contributed by atoms with Crippen LogP contribution >= 0.6 is 0 Å². The first-order valence-electron chi connectivity index (χ1n) is 1.68. The summed E-state index contributed by atoms with van der Waals surface area (Å²) >= 11 is 0. The van der Waals surface area contributed by atoms with Gasteiger partial charge in [-0.25, -0.2) is 6.20 Å². The van der Waals surface area contributed by atoms with Crippen molar-refractivity contribution in [1.29, 1.82) is 0 Å². The molecule has 0 atom stereocenters. The maximum absolute atomic E-state index is 3.63. The number of hydrogen-bond donors (Lipinski definition) is 0. The van der Waals surface area contributed by atoms with Gasteiger partial charge in [0.15, 0.2) is 0 Å². The summed E-state index contributed by atoms with van der Waals surface area (Å²) in [5.74, 6) is 0. The average molecular weight is 91.0 g/mol. The van der Waals surface area contributed by atoms with Crippen molar-refractivity contribution in [2.24, 2.45) is 0 Å². The molecule has 1 heterocycles. The number of rotatable bonds is 0. The third-order valence-electron chi connectivity index (χ3n) is 0.468. The second-order valence-corrected chi connectivity index (χ2v) is 0.885. The van der Waals surface area contributed by atoms with Crippen LogP contribution in [0.5, 0.6) is 0 Å². The summed E-state index contributed by atoms with van der Waals surface area (Å²) in [7, 11) is 0. The molecule has 1 nitrogen and oxygen atoms in total. The van der Waals surface area contributed by atoms with Crippen LogP contribution in [0.3, 0.4) is 0 Å². The minimum atomic E-state index is 0. The molecule has 1 aromatic heterocycles. The third kappa shape index (κ3) is 4.50. The molecule has 0 aliphatic rings. The maximum atomic E-state index is 3.63. The van der Waals surface area contributed by atoms with Gasteiger partial charge in [0.2, 0.25) is 0 Å². The second-order valence-electron chi connectivity index (χ2n) is 0.885. The van der Waals surface area contributed by atoms with E-state index in [0.29, 0.717) is 0 Å². The van der Waals surface area contributed by atoms with Crippen LogP contribution in [0.2, 0.25) is 0 Å². The van der Waals surface area contributed by atoms with Gasteiger partial charge in [-0.3, -0.25) is 18.3 Å². The van der Waals surface area contributed by atoms with Gasteiger partial charge in [-0.1, -0.05) is 0 Å². The van der Waals surface area contributed by atoms with Gasteiger partial charge in [0.1, 0.15) is 0 Å². The van der Waals surface area contributed by atoms with Crippen LogP contribution in [0.1, 0.15) is 0 Å². The Bertz CT molecular complexity index is 82.4. The molecule has 1 aromatic rings. The zero-order valence-corrected chi connectivity index (χ0v) is 5.18. The fourth-order valence-corrected chi connectivity index (χ4v) is 0.246. The minimum Gasteiger partial charge on any atom is -0.529 e. The molecule has 0 aliphatic carbocycles. The molecular formula is C5H3Li2N. The standard InChI is InChI=1S/C5H3N.2Li/c1-2-4-6-5-3-1;;/h2-4H;;/q-2;2*+1. The van der Waals surface area contributed by atoms with Crippen molar-refractivity contribution >= 4 is 0 Å². The Balaban J connectivity index is 0. The number of nitrogens with zero attached hydrogens (tertiary/aromatic N) is 1. The molecule has 0 aromatic carbocycles. The Hall–Kier alpha value is 0.345. The molecule has 0 bridgehead atoms. The van der Waals surface area contributed by atoms with Gasteiger partial charge in [0.25, 0.3) is 0 Å². The molecule has 0 saturated carbocycles. The van der Waals surface area contributed by atoms with Crippen LogP contribution < -0.4 is 37.7 Å². The van der Waals surface area contributed by atoms with Crippen molar-refractivity contribution in [3.05, 3.63) is 30.6 Å². The van der Waals surface area contributed by atoms with E-state index >= 15 is 0 Å². The summed E-state index contributed by atoms with van der Waals surface area (Å²) < 4.78 is 0. The fraction of sp³-hybridized carbons (Fsp3) is 0. The van der Waals surface area contributed by atoms with Crippen molar-refractivity contribution in [2.75, 3.05) is 0 Å². The van der Waals surface area contributed by atoms with Crippen molar-refractivity contribution < 1.29 is 37.7 Å². The van der Waals surface area contributed by atoms with Gasteiger partial charge < -0.3 is 11.1 Å². The molecule has 0 spiro atoms. The second kappa shape index (κ2) is 7.34. The predicted octanol–water partition coefficient (Wildman–Crippen LogP) is -5.31. The topological polar surface area (TPSA) is 12.9 Å². The monoisotopic (exact) mass is 91.1 g/mol. The van der Waals surface area contributed by atoms with Crippen molar-refractivity contribution in [3.8, 4) is 0 Å². The van der Waals surface area contributed by atoms with Gasteiger partial charge in [-0.15, -0.1) is 0 Å². The molecule has 0 amide bonds. The summed E-state index contributed by atoms with van der Waals surface area (Å²) in [6, 6.07) is 6.15. The SMILES string of the molecule is [Li+].[Li+].[c-]1c[c-]ncc1. The van der Waals surface area contributed by atoms with E-state index < -0.39 is 0 Å². The van der Waals surface area contributed by atoms with Crippen molar-refractivity contribution in [3.63, 3.8) is 0 Å². The minimum absolute atomic E-state index is 0. The molecule has 3 heteroatoms. The molecule has 0 radical (unpaired) electrons. The van der Waals surface area contributed by atoms with Crippen LogP contribution in [-0.4, -0.2) is 4.98 Å². The third-order valence-corrected chi connectivity index (χ3v) is 0.468. The van der Waals surface area contributed by atoms with Crippen LogP contribution in [0, 0.1) is 12.3 Å². The van der Waals surface area contributed by atoms with E-state index in [4.69, 9.17) is 0 Å². The van der Waals surface area contributed by atoms with Crippen molar-refractivity contribution in [1.82, 2.24) is 4.98 Å². The van der Waals surface area contributed by atoms with E-state index in [2.05, 4.69) is 17.2 Å². The van der Waals surface area contributed by atoms with E-state index in [-0.39, 0.29) is 37.7 Å². The van der Waals surface area contributed by atoms with Gasteiger partial charge in [-0.2, -0.15) is 0 Å². The molecule has 0 unspecified atom stereocenters. The predicted molar refractivity (Wildman–Crippen MR) is 21.9 cm³/mol. The Morgan fingerprint density at radius 2 is 2.00 bits per heavy atom. The van der Waals surface area contributed by atoms with E-state index in [1.54, 1.807) is 18.3 Å². The summed E-state index contributed by atoms with van der Waals surface area (Å²) in [5, 5.41) is 0. The first-order valence-corrected chi connectivity index (χ1v) is 1.68. The first kappa shape index (κ1) is 11.2. The zero-order valence-electron chi connectivity index (χ0n) is 5.18. The molecule has 30 valence electrons. The molecule has 0 fully saturated rings. The van der Waals surface area contributed by atoms with Crippen LogP contribution in [0.25, 0.3) is 0 Å². The fourth-order valence-electron chi connectivity index (χ4n) is 0.246. The summed E-state index contributed by atoms with van der Waals surface area (Å²) in [4.78, 5) is 3.63. The van der Waals surface area contributed by atoms with E-state index in [1.165, 1.54) is 0 Å². The Morgan fingerprint density at radius 1 is 1.25 bits per heavy atom. The average Bonchev–Trinajstić information content (AvgIpc) is 1.72. The number of aromatic nitrogens is 1. The Kier molecular flexibility index (Phi) is 10.3. The van der Waals surface area contributed by atoms with Gasteiger partial charge >= 0.3 is 37.7 Å². The largest absolute Gasteiger partial charge is 1.00 e. The Morgan fingerprint density at radius 3 is 2.12 bits per heavy atom. The van der Waals surface area contributed by atoms with E-state index in [0.717, 1.165) is 0 Å². The van der Waals surface area contributed by atoms with Gasteiger partial charge in [0.05, 0.1) is 0 Å². The van der Waals surface area contributed by atoms with Gasteiger partial charge in [0, 0.05) is 0 Å². The van der Waals surface area contributed by atoms with Crippen LogP contribution in [-0.2, 0) is 0 Å². The number of pyridine rings is 1.